The van der Waals surface area contributed by atoms with Crippen LogP contribution in [0.15, 0.2) is 91.0 Å². The predicted molar refractivity (Wildman–Crippen MR) is 107 cm³/mol. The molecule has 3 heteroatoms. The van der Waals surface area contributed by atoms with E-state index in [4.69, 9.17) is 11.6 Å². The molecule has 0 aromatic heterocycles. The van der Waals surface area contributed by atoms with E-state index in [0.717, 1.165) is 0 Å². The molecule has 1 atom stereocenters. The Labute approximate surface area is 149 Å². The van der Waals surface area contributed by atoms with E-state index in [1.807, 2.05) is 18.2 Å². The number of benzene rings is 3. The Bertz CT molecular complexity index is 650. The van der Waals surface area contributed by atoms with Crippen molar-refractivity contribution in [3.8, 4) is 0 Å². The van der Waals surface area contributed by atoms with Gasteiger partial charge in [-0.05, 0) is 36.4 Å². The first kappa shape index (κ1) is 17.2. The van der Waals surface area contributed by atoms with Crippen molar-refractivity contribution in [2.75, 3.05) is 12.0 Å². The van der Waals surface area contributed by atoms with Crippen LogP contribution in [0.4, 0.5) is 0 Å². The van der Waals surface area contributed by atoms with E-state index >= 15 is 0 Å². The van der Waals surface area contributed by atoms with Crippen molar-refractivity contribution in [2.45, 2.75) is 6.10 Å². The van der Waals surface area contributed by atoms with Gasteiger partial charge in [-0.3, -0.25) is 0 Å². The summed E-state index contributed by atoms with van der Waals surface area (Å²) >= 11 is 5.99. The van der Waals surface area contributed by atoms with Gasteiger partial charge in [0.25, 0.3) is 0 Å². The van der Waals surface area contributed by atoms with Crippen LogP contribution in [0.2, 0.25) is 0 Å². The molecule has 1 N–H and O–H groups in total. The minimum atomic E-state index is -1.96. The molecule has 0 radical (unpaired) electrons. The van der Waals surface area contributed by atoms with Crippen LogP contribution in [0.1, 0.15) is 0 Å². The Morgan fingerprint density at radius 2 is 1.00 bits per heavy atom. The predicted octanol–water partition coefficient (Wildman–Crippen LogP) is 3.58. The fourth-order valence-corrected chi connectivity index (χ4v) is 7.77. The lowest BCUT2D eigenvalue weighted by Gasteiger charge is -2.29. The second-order valence-electron chi connectivity index (χ2n) is 5.81. The molecule has 122 valence electrons. The molecule has 0 heterocycles. The fourth-order valence-electron chi connectivity index (χ4n) is 3.18. The lowest BCUT2D eigenvalue weighted by molar-refractivity contribution is 0.222. The van der Waals surface area contributed by atoms with Gasteiger partial charge in [0, 0.05) is 0 Å². The third-order valence-electron chi connectivity index (χ3n) is 4.25. The molecule has 1 unspecified atom stereocenters. The number of hydrogen-bond donors (Lipinski definition) is 1. The normalized spacial score (nSPS) is 12.8. The molecule has 0 fully saturated rings. The van der Waals surface area contributed by atoms with Crippen LogP contribution in [-0.2, 0) is 0 Å². The van der Waals surface area contributed by atoms with Gasteiger partial charge in [-0.1, -0.05) is 54.6 Å². The highest BCUT2D eigenvalue weighted by molar-refractivity contribution is 7.95. The summed E-state index contributed by atoms with van der Waals surface area (Å²) in [7, 11) is -1.96. The molecule has 0 spiro atoms. The first-order chi connectivity index (χ1) is 11.8. The van der Waals surface area contributed by atoms with Crippen molar-refractivity contribution in [2.24, 2.45) is 0 Å². The average molecular weight is 356 g/mol. The third kappa shape index (κ3) is 3.39. The largest absolute Gasteiger partial charge is 0.388 e. The van der Waals surface area contributed by atoms with Crippen molar-refractivity contribution >= 4 is 34.8 Å². The molecule has 0 aliphatic carbocycles. The summed E-state index contributed by atoms with van der Waals surface area (Å²) in [5.74, 6) is 0.244. The zero-order chi connectivity index (χ0) is 16.8. The van der Waals surface area contributed by atoms with Gasteiger partial charge in [-0.25, -0.2) is 0 Å². The zero-order valence-electron chi connectivity index (χ0n) is 13.4. The van der Waals surface area contributed by atoms with E-state index < -0.39 is 13.4 Å². The molecule has 0 saturated carbocycles. The Balaban J connectivity index is 2.28. The molecule has 0 amide bonds. The standard InChI is InChI=1S/C21H21ClOP/c22-16-18(23)17-24(19-10-4-1-5-11-19,20-12-6-2-7-13-20)21-14-8-3-9-15-21/h1-15,18,23H,16-17H2/q+1. The smallest absolute Gasteiger partial charge is 0.114 e. The molecule has 24 heavy (non-hydrogen) atoms. The molecule has 0 bridgehead atoms. The summed E-state index contributed by atoms with van der Waals surface area (Å²) in [6, 6.07) is 31.6. The number of hydrogen-bond acceptors (Lipinski definition) is 1. The Kier molecular flexibility index (Phi) is 5.68. The van der Waals surface area contributed by atoms with Gasteiger partial charge in [0.15, 0.2) is 0 Å². The topological polar surface area (TPSA) is 20.2 Å². The first-order valence-electron chi connectivity index (χ1n) is 8.06. The molecule has 3 aromatic rings. The minimum absolute atomic E-state index is 0.244. The number of aliphatic hydroxyl groups excluding tert-OH is 1. The number of aliphatic hydroxyl groups is 1. The van der Waals surface area contributed by atoms with Crippen molar-refractivity contribution in [3.63, 3.8) is 0 Å². The van der Waals surface area contributed by atoms with Gasteiger partial charge in [0.2, 0.25) is 0 Å². The Morgan fingerprint density at radius 1 is 0.667 bits per heavy atom. The summed E-state index contributed by atoms with van der Waals surface area (Å²) in [5.41, 5.74) is 0. The molecule has 3 rings (SSSR count). The summed E-state index contributed by atoms with van der Waals surface area (Å²) in [6.07, 6.45) is 0.106. The van der Waals surface area contributed by atoms with Gasteiger partial charge < -0.3 is 5.11 Å². The fraction of sp³-hybridized carbons (Fsp3) is 0.143. The minimum Gasteiger partial charge on any atom is -0.388 e. The Morgan fingerprint density at radius 3 is 1.29 bits per heavy atom. The van der Waals surface area contributed by atoms with Gasteiger partial charge >= 0.3 is 0 Å². The van der Waals surface area contributed by atoms with Crippen molar-refractivity contribution in [1.29, 1.82) is 0 Å². The SMILES string of the molecule is OC(CCl)C[P+](c1ccccc1)(c1ccccc1)c1ccccc1. The van der Waals surface area contributed by atoms with Crippen LogP contribution in [0.3, 0.4) is 0 Å². The highest BCUT2D eigenvalue weighted by Crippen LogP contribution is 2.55. The molecule has 0 aliphatic heterocycles. The number of rotatable bonds is 6. The molecular formula is C21H21ClOP+. The quantitative estimate of drug-likeness (QED) is 0.529. The lowest BCUT2D eigenvalue weighted by atomic mass is 10.3. The van der Waals surface area contributed by atoms with Crippen molar-refractivity contribution < 1.29 is 5.11 Å². The summed E-state index contributed by atoms with van der Waals surface area (Å²) < 4.78 is 0. The number of alkyl halides is 1. The summed E-state index contributed by atoms with van der Waals surface area (Å²) in [6.45, 7) is 0. The third-order valence-corrected chi connectivity index (χ3v) is 9.12. The number of halogens is 1. The van der Waals surface area contributed by atoms with E-state index in [9.17, 15) is 5.11 Å². The first-order valence-corrected chi connectivity index (χ1v) is 10.6. The summed E-state index contributed by atoms with van der Waals surface area (Å²) in [4.78, 5) is 0. The van der Waals surface area contributed by atoms with Gasteiger partial charge in [-0.15, -0.1) is 11.6 Å². The lowest BCUT2D eigenvalue weighted by Crippen LogP contribution is -2.37. The second-order valence-corrected chi connectivity index (χ2v) is 9.65. The van der Waals surface area contributed by atoms with Crippen LogP contribution in [0.25, 0.3) is 0 Å². The molecule has 0 aliphatic rings. The monoisotopic (exact) mass is 355 g/mol. The molecule has 1 nitrogen and oxygen atoms in total. The zero-order valence-corrected chi connectivity index (χ0v) is 15.1. The second kappa shape index (κ2) is 7.94. The van der Waals surface area contributed by atoms with Gasteiger partial charge in [-0.2, -0.15) is 0 Å². The van der Waals surface area contributed by atoms with E-state index in [1.54, 1.807) is 0 Å². The van der Waals surface area contributed by atoms with Gasteiger partial charge in [0.05, 0.1) is 5.88 Å². The van der Waals surface area contributed by atoms with Crippen molar-refractivity contribution in [1.82, 2.24) is 0 Å². The van der Waals surface area contributed by atoms with Crippen LogP contribution < -0.4 is 15.9 Å². The van der Waals surface area contributed by atoms with Crippen LogP contribution >= 0.6 is 18.9 Å². The van der Waals surface area contributed by atoms with Crippen molar-refractivity contribution in [3.05, 3.63) is 91.0 Å². The van der Waals surface area contributed by atoms with E-state index in [-0.39, 0.29) is 5.88 Å². The maximum absolute atomic E-state index is 10.5. The van der Waals surface area contributed by atoms with E-state index in [0.29, 0.717) is 6.16 Å². The summed E-state index contributed by atoms with van der Waals surface area (Å²) in [5, 5.41) is 14.3. The molecule has 0 saturated heterocycles. The molecule has 3 aromatic carbocycles. The van der Waals surface area contributed by atoms with Crippen LogP contribution in [-0.4, -0.2) is 23.3 Å². The highest BCUT2D eigenvalue weighted by atomic mass is 35.5. The Hall–Kier alpha value is -1.66. The highest BCUT2D eigenvalue weighted by Gasteiger charge is 2.46. The maximum Gasteiger partial charge on any atom is 0.114 e. The van der Waals surface area contributed by atoms with Gasteiger partial charge in [0.1, 0.15) is 35.4 Å². The van der Waals surface area contributed by atoms with E-state index in [1.165, 1.54) is 15.9 Å². The molecular weight excluding hydrogens is 335 g/mol. The van der Waals surface area contributed by atoms with E-state index in [2.05, 4.69) is 72.8 Å². The van der Waals surface area contributed by atoms with Crippen LogP contribution in [0.5, 0.6) is 0 Å². The maximum atomic E-state index is 10.5. The van der Waals surface area contributed by atoms with Crippen LogP contribution in [0, 0.1) is 0 Å². The average Bonchev–Trinajstić information content (AvgIpc) is 2.68.